The highest BCUT2D eigenvalue weighted by molar-refractivity contribution is 7.86. The summed E-state index contributed by atoms with van der Waals surface area (Å²) in [5.74, 6) is -1.04. The van der Waals surface area contributed by atoms with E-state index in [9.17, 15) is 27.6 Å². The molecule has 18 nitrogen and oxygen atoms in total. The number of carboxylic acid groups (broad SMARTS) is 1. The molecule has 7 rings (SSSR count). The third-order valence-corrected chi connectivity index (χ3v) is 12.5. The van der Waals surface area contributed by atoms with Crippen molar-refractivity contribution >= 4 is 77.1 Å². The van der Waals surface area contributed by atoms with Crippen LogP contribution in [-0.4, -0.2) is 93.6 Å². The minimum atomic E-state index is -3.55. The van der Waals surface area contributed by atoms with Gasteiger partial charge in [0.1, 0.15) is 36.0 Å². The van der Waals surface area contributed by atoms with E-state index in [0.29, 0.717) is 5.19 Å². The molecule has 2 heterocycles. The first-order valence-electron chi connectivity index (χ1n) is 24.1. The van der Waals surface area contributed by atoms with Gasteiger partial charge in [-0.3, -0.25) is 4.18 Å². The molecule has 0 aliphatic rings. The van der Waals surface area contributed by atoms with Gasteiger partial charge in [-0.2, -0.15) is 8.42 Å². The highest BCUT2D eigenvalue weighted by Crippen LogP contribution is 2.31. The molecule has 0 saturated heterocycles. The highest BCUT2D eigenvalue weighted by atomic mass is 32.2. The molecule has 2 N–H and O–H groups in total. The van der Waals surface area contributed by atoms with Crippen molar-refractivity contribution in [3.05, 3.63) is 187 Å². The maximum Gasteiger partial charge on any atom is 0.436 e. The number of ether oxygens (including phenoxy) is 5. The number of nitrogens with zero attached hydrogens (tertiary/aromatic N) is 4. The second kappa shape index (κ2) is 39.1. The lowest BCUT2D eigenvalue weighted by molar-refractivity contribution is -0.671. The quantitative estimate of drug-likeness (QED) is 0.0130. The number of hydrogen-bond acceptors (Lipinski definition) is 16. The number of aliphatic carboxylic acids is 1. The van der Waals surface area contributed by atoms with Crippen molar-refractivity contribution in [3.8, 4) is 21.9 Å². The van der Waals surface area contributed by atoms with E-state index in [-0.39, 0.29) is 44.5 Å². The van der Waals surface area contributed by atoms with Gasteiger partial charge in [0.25, 0.3) is 15.3 Å². The van der Waals surface area contributed by atoms with Crippen LogP contribution in [0, 0.1) is 20.1 Å². The standard InChI is InChI=1S/C17H18NOS.C13H9NOS.C11H16O3S.C8H9NO4.C5H8O3.C3H3NO2/c1-2-3-13-18-15-11-7-8-12-16(15)20-17(18)19-14-9-5-4-6-10-14;1-2-6-10(7-3-1)15-13-14-11-8-4-5-9-12(11)16-13;1-3-4-9-14-15(12,13)11-7-5-10(2)6-8-11;1-3-7(10)12-4-5-13-8(11)6-9-2;1-2-5(7)8-4-3-6;1-4-2-3(5)6/h4-12H,2-3,13H2,1H3;1-9H;5-8H,3-4,9H2,1-2H3;3H,1,4-6H2;2,6H,1,3-4H2;2H2,(H,5,6)/q+1;;;;;. The molecule has 0 spiro atoms. The topological polar surface area (TPSA) is 224 Å². The number of aromatic nitrogens is 2. The number of hydrogen-bond donors (Lipinski definition) is 2. The van der Waals surface area contributed by atoms with Crippen LogP contribution in [0.3, 0.4) is 0 Å². The molecular formula is C57H63N4O14S3+. The zero-order valence-electron chi connectivity index (χ0n) is 43.6. The second-order valence-corrected chi connectivity index (χ2v) is 18.9. The summed E-state index contributed by atoms with van der Waals surface area (Å²) < 4.78 is 57.9. The minimum Gasteiger partial charge on any atom is -0.476 e. The summed E-state index contributed by atoms with van der Waals surface area (Å²) >= 11 is 3.27. The number of carboxylic acids is 1. The van der Waals surface area contributed by atoms with E-state index in [1.807, 2.05) is 98.8 Å². The number of fused-ring (bicyclic) bond motifs is 2. The van der Waals surface area contributed by atoms with Gasteiger partial charge in [-0.25, -0.2) is 37.3 Å². The van der Waals surface area contributed by atoms with Crippen molar-refractivity contribution in [2.24, 2.45) is 0 Å². The third kappa shape index (κ3) is 27.5. The van der Waals surface area contributed by atoms with E-state index in [1.54, 1.807) is 46.9 Å². The average Bonchev–Trinajstić information content (AvgIpc) is 4.06. The molecular weight excluding hydrogens is 1060 g/mol. The zero-order valence-corrected chi connectivity index (χ0v) is 46.0. The summed E-state index contributed by atoms with van der Waals surface area (Å²) in [5, 5.41) is 17.5. The number of esters is 3. The molecule has 0 bridgehead atoms. The van der Waals surface area contributed by atoms with Crippen molar-refractivity contribution in [2.45, 2.75) is 57.9 Å². The van der Waals surface area contributed by atoms with Gasteiger partial charge >= 0.3 is 42.2 Å². The SMILES string of the molecule is C=CC(=O)OCCO.CCCCOS(=O)(=O)c1ccc(C)cc1.CCCC[n+]1c(Oc2ccccc2)sc2ccccc21.[C-]#[N+]CC(=O)O.[C-]#[N+]CC(=O)OCCOC(=O)C=C.c1ccc(Oc2nc3ccccc3s2)cc1. The number of carbonyl (C=O) groups excluding carboxylic acids is 3. The molecule has 0 radical (unpaired) electrons. The van der Waals surface area contributed by atoms with E-state index in [4.69, 9.17) is 37.0 Å². The number of rotatable bonds is 21. The zero-order chi connectivity index (χ0) is 57.4. The summed E-state index contributed by atoms with van der Waals surface area (Å²) in [6.45, 7) is 25.2. The maximum atomic E-state index is 11.6. The van der Waals surface area contributed by atoms with Gasteiger partial charge in [0.2, 0.25) is 5.52 Å². The van der Waals surface area contributed by atoms with Crippen LogP contribution < -0.4 is 14.0 Å². The van der Waals surface area contributed by atoms with Crippen LogP contribution in [0.2, 0.25) is 0 Å². The van der Waals surface area contributed by atoms with Crippen LogP contribution in [0.4, 0.5) is 0 Å². The molecule has 0 fully saturated rings. The van der Waals surface area contributed by atoms with E-state index in [0.717, 1.165) is 70.4 Å². The fraction of sp³-hybridized carbons (Fsp3) is 0.263. The van der Waals surface area contributed by atoms with Gasteiger partial charge in [0.15, 0.2) is 6.54 Å². The van der Waals surface area contributed by atoms with Crippen LogP contribution in [0.1, 0.15) is 45.1 Å². The number of aliphatic hydroxyl groups is 1. The summed E-state index contributed by atoms with van der Waals surface area (Å²) in [5.41, 5.74) is 3.28. The number of unbranched alkanes of at least 4 members (excludes halogenated alkanes) is 2. The number of carbonyl (C=O) groups is 4. The first kappa shape index (κ1) is 65.8. The van der Waals surface area contributed by atoms with Crippen molar-refractivity contribution in [1.29, 1.82) is 0 Å². The van der Waals surface area contributed by atoms with Crippen LogP contribution in [0.25, 0.3) is 30.1 Å². The summed E-state index contributed by atoms with van der Waals surface area (Å²) in [6, 6.07) is 42.9. The van der Waals surface area contributed by atoms with Gasteiger partial charge in [0, 0.05) is 24.6 Å². The molecule has 0 amide bonds. The Morgan fingerprint density at radius 2 is 1.21 bits per heavy atom. The Labute approximate surface area is 463 Å². The Balaban J connectivity index is 0.000000332. The molecule has 5 aromatic carbocycles. The van der Waals surface area contributed by atoms with Gasteiger partial charge in [-0.15, -0.1) is 4.57 Å². The fourth-order valence-electron chi connectivity index (χ4n) is 5.52. The molecule has 0 unspecified atom stereocenters. The normalized spacial score (nSPS) is 9.87. The van der Waals surface area contributed by atoms with Crippen molar-refractivity contribution in [1.82, 2.24) is 4.98 Å². The van der Waals surface area contributed by atoms with E-state index in [1.165, 1.54) is 16.6 Å². The summed E-state index contributed by atoms with van der Waals surface area (Å²) in [7, 11) is -3.55. The molecule has 7 aromatic rings. The second-order valence-electron chi connectivity index (χ2n) is 15.3. The Morgan fingerprint density at radius 3 is 1.74 bits per heavy atom. The fourth-order valence-corrected chi connectivity index (χ4v) is 8.35. The van der Waals surface area contributed by atoms with Crippen LogP contribution >= 0.6 is 22.7 Å². The monoisotopic (exact) mass is 1120 g/mol. The molecule has 412 valence electrons. The third-order valence-electron chi connectivity index (χ3n) is 9.21. The van der Waals surface area contributed by atoms with E-state index in [2.05, 4.69) is 77.8 Å². The first-order valence-corrected chi connectivity index (χ1v) is 27.1. The Morgan fingerprint density at radius 1 is 0.667 bits per heavy atom. The highest BCUT2D eigenvalue weighted by Gasteiger charge is 2.22. The van der Waals surface area contributed by atoms with E-state index >= 15 is 0 Å². The molecule has 21 heteroatoms. The van der Waals surface area contributed by atoms with E-state index < -0.39 is 40.5 Å². The Hall–Kier alpha value is -8.31. The molecule has 2 aromatic heterocycles. The number of para-hydroxylation sites is 4. The number of aliphatic hydroxyl groups excluding tert-OH is 1. The first-order chi connectivity index (χ1) is 37.6. The number of benzene rings is 5. The maximum absolute atomic E-state index is 11.6. The molecule has 0 atom stereocenters. The summed E-state index contributed by atoms with van der Waals surface area (Å²) in [4.78, 5) is 50.6. The lowest BCUT2D eigenvalue weighted by Crippen LogP contribution is -2.33. The lowest BCUT2D eigenvalue weighted by Gasteiger charge is -2.04. The molecule has 0 aliphatic heterocycles. The molecule has 78 heavy (non-hydrogen) atoms. The average molecular weight is 1120 g/mol. The van der Waals surface area contributed by atoms with Crippen LogP contribution in [0.5, 0.6) is 21.9 Å². The van der Waals surface area contributed by atoms with Crippen LogP contribution in [-0.2, 0) is 54.2 Å². The van der Waals surface area contributed by atoms with Gasteiger partial charge < -0.3 is 43.6 Å². The largest absolute Gasteiger partial charge is 0.476 e. The van der Waals surface area contributed by atoms with Crippen LogP contribution in [0.15, 0.2) is 164 Å². The van der Waals surface area contributed by atoms with Gasteiger partial charge in [-0.1, -0.05) is 130 Å². The van der Waals surface area contributed by atoms with Crippen molar-refractivity contribution in [2.75, 3.05) is 46.1 Å². The minimum absolute atomic E-state index is 0.0193. The molecule has 0 aliphatic carbocycles. The smallest absolute Gasteiger partial charge is 0.436 e. The Kier molecular flexibility index (Phi) is 33.0. The lowest BCUT2D eigenvalue weighted by atomic mass is 10.2. The predicted octanol–water partition coefficient (Wildman–Crippen LogP) is 11.2. The number of aryl methyl sites for hydroxylation is 2. The summed E-state index contributed by atoms with van der Waals surface area (Å²) in [6.07, 6.45) is 6.09. The van der Waals surface area contributed by atoms with Crippen molar-refractivity contribution < 1.29 is 70.2 Å². The van der Waals surface area contributed by atoms with Gasteiger partial charge in [-0.05, 0) is 79.3 Å². The predicted molar refractivity (Wildman–Crippen MR) is 300 cm³/mol. The Bertz CT molecular complexity index is 3070. The number of thiazole rings is 2. The van der Waals surface area contributed by atoms with Gasteiger partial charge in [0.05, 0.1) is 28.3 Å². The molecule has 0 saturated carbocycles. The van der Waals surface area contributed by atoms with Crippen molar-refractivity contribution in [3.63, 3.8) is 0 Å².